The third kappa shape index (κ3) is 7.94. The van der Waals surface area contributed by atoms with Crippen molar-refractivity contribution < 1.29 is 9.47 Å². The second-order valence-electron chi connectivity index (χ2n) is 6.47. The third-order valence-electron chi connectivity index (χ3n) is 4.63. The van der Waals surface area contributed by atoms with Crippen molar-refractivity contribution in [3.8, 4) is 0 Å². The normalized spacial score (nSPS) is 15.5. The maximum atomic E-state index is 5.51. The van der Waals surface area contributed by atoms with E-state index in [1.54, 1.807) is 0 Å². The zero-order chi connectivity index (χ0) is 14.7. The highest BCUT2D eigenvalue weighted by molar-refractivity contribution is 4.80. The number of rotatable bonds is 12. The van der Waals surface area contributed by atoms with E-state index in [4.69, 9.17) is 9.47 Å². The van der Waals surface area contributed by atoms with Crippen molar-refractivity contribution >= 4 is 0 Å². The van der Waals surface area contributed by atoms with Crippen LogP contribution < -0.4 is 0 Å². The first kappa shape index (κ1) is 18.9. The van der Waals surface area contributed by atoms with Crippen LogP contribution in [0.15, 0.2) is 0 Å². The summed E-state index contributed by atoms with van der Waals surface area (Å²) in [5.41, 5.74) is 0.219. The minimum Gasteiger partial charge on any atom is -0.384 e. The first-order valence-electron chi connectivity index (χ1n) is 8.01. The molecule has 116 valence electrons. The maximum absolute atomic E-state index is 5.51. The van der Waals surface area contributed by atoms with Gasteiger partial charge in [-0.05, 0) is 24.7 Å². The summed E-state index contributed by atoms with van der Waals surface area (Å²) in [6.45, 7) is 10.9. The van der Waals surface area contributed by atoms with Crippen LogP contribution in [0.5, 0.6) is 0 Å². The highest BCUT2D eigenvalue weighted by Gasteiger charge is 2.30. The standard InChI is InChI=1S/C17H36O2/c1-7-15(3)9-11-17(13-18-5,14-19-6)12-10-16(4)8-2/h15-16H,7-14H2,1-6H3. The molecule has 0 aliphatic rings. The van der Waals surface area contributed by atoms with E-state index in [0.29, 0.717) is 0 Å². The maximum Gasteiger partial charge on any atom is 0.0540 e. The molecule has 0 saturated heterocycles. The average Bonchev–Trinajstić information content (AvgIpc) is 2.42. The molecule has 2 atom stereocenters. The third-order valence-corrected chi connectivity index (χ3v) is 4.63. The van der Waals surface area contributed by atoms with Gasteiger partial charge in [0.2, 0.25) is 0 Å². The minimum absolute atomic E-state index is 0.219. The van der Waals surface area contributed by atoms with Crippen molar-refractivity contribution in [2.75, 3.05) is 27.4 Å². The van der Waals surface area contributed by atoms with E-state index in [-0.39, 0.29) is 5.41 Å². The van der Waals surface area contributed by atoms with Crippen LogP contribution in [-0.2, 0) is 9.47 Å². The second kappa shape index (κ2) is 10.7. The molecule has 0 aromatic rings. The van der Waals surface area contributed by atoms with E-state index in [1.807, 2.05) is 14.2 Å². The molecule has 0 amide bonds. The summed E-state index contributed by atoms with van der Waals surface area (Å²) in [7, 11) is 3.63. The van der Waals surface area contributed by atoms with Crippen LogP contribution in [0.2, 0.25) is 0 Å². The molecule has 0 radical (unpaired) electrons. The largest absolute Gasteiger partial charge is 0.384 e. The molecule has 2 heteroatoms. The summed E-state index contributed by atoms with van der Waals surface area (Å²) >= 11 is 0. The van der Waals surface area contributed by atoms with E-state index in [0.717, 1.165) is 25.0 Å². The van der Waals surface area contributed by atoms with Crippen LogP contribution in [0, 0.1) is 17.3 Å². The quantitative estimate of drug-likeness (QED) is 0.502. The first-order chi connectivity index (χ1) is 9.03. The van der Waals surface area contributed by atoms with Crippen LogP contribution in [-0.4, -0.2) is 27.4 Å². The van der Waals surface area contributed by atoms with Gasteiger partial charge < -0.3 is 9.47 Å². The lowest BCUT2D eigenvalue weighted by Gasteiger charge is -2.34. The van der Waals surface area contributed by atoms with Crippen LogP contribution in [0.25, 0.3) is 0 Å². The zero-order valence-corrected chi connectivity index (χ0v) is 14.1. The Bertz CT molecular complexity index is 181. The zero-order valence-electron chi connectivity index (χ0n) is 14.1. The van der Waals surface area contributed by atoms with Crippen LogP contribution in [0.1, 0.15) is 66.2 Å². The lowest BCUT2D eigenvalue weighted by molar-refractivity contribution is -0.00831. The van der Waals surface area contributed by atoms with Gasteiger partial charge >= 0.3 is 0 Å². The van der Waals surface area contributed by atoms with Gasteiger partial charge in [-0.15, -0.1) is 0 Å². The molecule has 0 aromatic carbocycles. The molecule has 2 unspecified atom stereocenters. The fourth-order valence-corrected chi connectivity index (χ4v) is 2.58. The van der Waals surface area contributed by atoms with Gasteiger partial charge in [0, 0.05) is 19.6 Å². The van der Waals surface area contributed by atoms with Crippen molar-refractivity contribution in [3.05, 3.63) is 0 Å². The molecule has 0 bridgehead atoms. The SMILES string of the molecule is CCC(C)CCC(CCC(C)CC)(COC)COC. The molecule has 0 fully saturated rings. The predicted molar refractivity (Wildman–Crippen MR) is 83.6 cm³/mol. The van der Waals surface area contributed by atoms with Crippen molar-refractivity contribution in [3.63, 3.8) is 0 Å². The van der Waals surface area contributed by atoms with Crippen molar-refractivity contribution in [2.45, 2.75) is 66.2 Å². The number of methoxy groups -OCH3 is 2. The van der Waals surface area contributed by atoms with Crippen molar-refractivity contribution in [2.24, 2.45) is 17.3 Å². The molecule has 0 spiro atoms. The number of hydrogen-bond donors (Lipinski definition) is 0. The Hall–Kier alpha value is -0.0800. The molecule has 0 heterocycles. The summed E-state index contributed by atoms with van der Waals surface area (Å²) in [5, 5.41) is 0. The van der Waals surface area contributed by atoms with Crippen LogP contribution in [0.4, 0.5) is 0 Å². The Morgan fingerprint density at radius 1 is 0.789 bits per heavy atom. The minimum atomic E-state index is 0.219. The highest BCUT2D eigenvalue weighted by atomic mass is 16.5. The van der Waals surface area contributed by atoms with Crippen LogP contribution in [0.3, 0.4) is 0 Å². The van der Waals surface area contributed by atoms with Crippen LogP contribution >= 0.6 is 0 Å². The van der Waals surface area contributed by atoms with Gasteiger partial charge in [-0.3, -0.25) is 0 Å². The molecule has 0 aliphatic heterocycles. The Labute approximate surface area is 121 Å². The molecule has 0 N–H and O–H groups in total. The van der Waals surface area contributed by atoms with E-state index < -0.39 is 0 Å². The molecule has 0 saturated carbocycles. The summed E-state index contributed by atoms with van der Waals surface area (Å²) < 4.78 is 11.0. The molecule has 0 aromatic heterocycles. The van der Waals surface area contributed by atoms with Crippen molar-refractivity contribution in [1.82, 2.24) is 0 Å². The van der Waals surface area contributed by atoms with E-state index >= 15 is 0 Å². The van der Waals surface area contributed by atoms with Gasteiger partial charge in [0.15, 0.2) is 0 Å². The van der Waals surface area contributed by atoms with E-state index in [9.17, 15) is 0 Å². The second-order valence-corrected chi connectivity index (χ2v) is 6.47. The fraction of sp³-hybridized carbons (Fsp3) is 1.00. The Morgan fingerprint density at radius 3 is 1.42 bits per heavy atom. The van der Waals surface area contributed by atoms with Gasteiger partial charge in [-0.25, -0.2) is 0 Å². The monoisotopic (exact) mass is 272 g/mol. The lowest BCUT2D eigenvalue weighted by Crippen LogP contribution is -2.33. The molecule has 0 aliphatic carbocycles. The predicted octanol–water partition coefficient (Wildman–Crippen LogP) is 4.92. The summed E-state index contributed by atoms with van der Waals surface area (Å²) in [5.74, 6) is 1.60. The highest BCUT2D eigenvalue weighted by Crippen LogP contribution is 2.34. The summed E-state index contributed by atoms with van der Waals surface area (Å²) in [4.78, 5) is 0. The number of ether oxygens (including phenoxy) is 2. The van der Waals surface area contributed by atoms with Gasteiger partial charge in [-0.2, -0.15) is 0 Å². The molecule has 19 heavy (non-hydrogen) atoms. The van der Waals surface area contributed by atoms with Gasteiger partial charge in [0.05, 0.1) is 13.2 Å². The Kier molecular flexibility index (Phi) is 10.6. The summed E-state index contributed by atoms with van der Waals surface area (Å²) in [6.07, 6.45) is 7.54. The smallest absolute Gasteiger partial charge is 0.0540 e. The molecule has 2 nitrogen and oxygen atoms in total. The molecular formula is C17H36O2. The average molecular weight is 272 g/mol. The van der Waals surface area contributed by atoms with Gasteiger partial charge in [0.1, 0.15) is 0 Å². The lowest BCUT2D eigenvalue weighted by atomic mass is 9.76. The van der Waals surface area contributed by atoms with Gasteiger partial charge in [-0.1, -0.05) is 53.4 Å². The Morgan fingerprint density at radius 2 is 1.16 bits per heavy atom. The first-order valence-corrected chi connectivity index (χ1v) is 8.01. The summed E-state index contributed by atoms with van der Waals surface area (Å²) in [6, 6.07) is 0. The Balaban J connectivity index is 4.55. The topological polar surface area (TPSA) is 18.5 Å². The van der Waals surface area contributed by atoms with E-state index in [1.165, 1.54) is 38.5 Å². The van der Waals surface area contributed by atoms with Crippen molar-refractivity contribution in [1.29, 1.82) is 0 Å². The molecule has 0 rings (SSSR count). The number of hydrogen-bond acceptors (Lipinski definition) is 2. The van der Waals surface area contributed by atoms with Gasteiger partial charge in [0.25, 0.3) is 0 Å². The molecular weight excluding hydrogens is 236 g/mol. The van der Waals surface area contributed by atoms with E-state index in [2.05, 4.69) is 27.7 Å². The fourth-order valence-electron chi connectivity index (χ4n) is 2.58.